The van der Waals surface area contributed by atoms with Gasteiger partial charge in [-0.2, -0.15) is 0 Å². The Kier molecular flexibility index (Phi) is 4.58. The summed E-state index contributed by atoms with van der Waals surface area (Å²) in [6, 6.07) is 7.29. The fourth-order valence-electron chi connectivity index (χ4n) is 2.88. The fourth-order valence-corrected chi connectivity index (χ4v) is 2.88. The molecular formula is C17H25NO2. The Morgan fingerprint density at radius 1 is 1.20 bits per heavy atom. The van der Waals surface area contributed by atoms with Crippen molar-refractivity contribution in [3.63, 3.8) is 0 Å². The maximum atomic E-state index is 6.11. The number of methoxy groups -OCH3 is 1. The van der Waals surface area contributed by atoms with Crippen molar-refractivity contribution in [3.8, 4) is 5.75 Å². The van der Waals surface area contributed by atoms with E-state index in [1.807, 2.05) is 0 Å². The van der Waals surface area contributed by atoms with Crippen LogP contribution >= 0.6 is 0 Å². The summed E-state index contributed by atoms with van der Waals surface area (Å²) in [5, 5.41) is 3.52. The molecule has 1 unspecified atom stereocenters. The maximum Gasteiger partial charge on any atom is 0.134 e. The predicted molar refractivity (Wildman–Crippen MR) is 80.4 cm³/mol. The van der Waals surface area contributed by atoms with Gasteiger partial charge in [0.25, 0.3) is 0 Å². The molecule has 0 amide bonds. The molecule has 0 bridgehead atoms. The van der Waals surface area contributed by atoms with Crippen LogP contribution in [0.5, 0.6) is 5.75 Å². The zero-order valence-electron chi connectivity index (χ0n) is 12.4. The Labute approximate surface area is 121 Å². The van der Waals surface area contributed by atoms with Gasteiger partial charge in [-0.1, -0.05) is 6.07 Å². The quantitative estimate of drug-likeness (QED) is 0.830. The topological polar surface area (TPSA) is 30.5 Å². The highest BCUT2D eigenvalue weighted by Crippen LogP contribution is 2.26. The summed E-state index contributed by atoms with van der Waals surface area (Å²) < 4.78 is 11.4. The zero-order chi connectivity index (χ0) is 13.8. The normalized spacial score (nSPS) is 19.4. The van der Waals surface area contributed by atoms with Crippen LogP contribution in [0.4, 0.5) is 0 Å². The van der Waals surface area contributed by atoms with E-state index in [2.05, 4.69) is 23.5 Å². The van der Waals surface area contributed by atoms with Gasteiger partial charge in [0, 0.05) is 19.7 Å². The third-order valence-electron chi connectivity index (χ3n) is 4.19. The van der Waals surface area contributed by atoms with E-state index in [-0.39, 0.29) is 6.10 Å². The molecule has 1 N–H and O–H groups in total. The average molecular weight is 275 g/mol. The number of hydrogen-bond donors (Lipinski definition) is 1. The molecule has 2 aliphatic rings. The van der Waals surface area contributed by atoms with Crippen LogP contribution in [0.1, 0.15) is 36.8 Å². The van der Waals surface area contributed by atoms with E-state index >= 15 is 0 Å². The zero-order valence-corrected chi connectivity index (χ0v) is 12.4. The second-order valence-electron chi connectivity index (χ2n) is 6.02. The molecule has 0 saturated heterocycles. The molecule has 1 fully saturated rings. The molecule has 1 saturated carbocycles. The third-order valence-corrected chi connectivity index (χ3v) is 4.19. The highest BCUT2D eigenvalue weighted by atomic mass is 16.5. The molecule has 0 radical (unpaired) electrons. The van der Waals surface area contributed by atoms with Crippen LogP contribution in [0.15, 0.2) is 18.2 Å². The Bertz CT molecular complexity index is 443. The van der Waals surface area contributed by atoms with Crippen LogP contribution in [0.3, 0.4) is 0 Å². The van der Waals surface area contributed by atoms with Crippen molar-refractivity contribution < 1.29 is 9.47 Å². The minimum atomic E-state index is 0.0993. The van der Waals surface area contributed by atoms with Crippen molar-refractivity contribution in [1.29, 1.82) is 0 Å². The monoisotopic (exact) mass is 275 g/mol. The molecule has 3 rings (SSSR count). The van der Waals surface area contributed by atoms with E-state index in [4.69, 9.17) is 9.47 Å². The summed E-state index contributed by atoms with van der Waals surface area (Å²) in [6.07, 6.45) is 7.76. The van der Waals surface area contributed by atoms with Gasteiger partial charge in [-0.15, -0.1) is 0 Å². The average Bonchev–Trinajstić information content (AvgIpc) is 3.29. The van der Waals surface area contributed by atoms with E-state index in [0.717, 1.165) is 12.3 Å². The van der Waals surface area contributed by atoms with Gasteiger partial charge < -0.3 is 14.8 Å². The van der Waals surface area contributed by atoms with Crippen LogP contribution in [-0.2, 0) is 17.6 Å². The van der Waals surface area contributed by atoms with Crippen LogP contribution in [-0.4, -0.2) is 32.4 Å². The van der Waals surface area contributed by atoms with Crippen molar-refractivity contribution in [2.75, 3.05) is 20.3 Å². The lowest BCUT2D eigenvalue weighted by Gasteiger charge is -2.21. The first-order chi connectivity index (χ1) is 9.85. The second-order valence-corrected chi connectivity index (χ2v) is 6.02. The Morgan fingerprint density at radius 2 is 2.00 bits per heavy atom. The molecular weight excluding hydrogens is 250 g/mol. The number of hydrogen-bond acceptors (Lipinski definition) is 3. The first-order valence-corrected chi connectivity index (χ1v) is 7.86. The van der Waals surface area contributed by atoms with Crippen molar-refractivity contribution in [3.05, 3.63) is 29.3 Å². The molecule has 2 aliphatic carbocycles. The number of nitrogens with one attached hydrogen (secondary N) is 1. The van der Waals surface area contributed by atoms with Gasteiger partial charge in [0.1, 0.15) is 11.9 Å². The van der Waals surface area contributed by atoms with Gasteiger partial charge in [0.15, 0.2) is 0 Å². The first kappa shape index (κ1) is 13.9. The van der Waals surface area contributed by atoms with E-state index < -0.39 is 0 Å². The van der Waals surface area contributed by atoms with Crippen LogP contribution in [0.25, 0.3) is 0 Å². The molecule has 0 heterocycles. The van der Waals surface area contributed by atoms with Crippen LogP contribution < -0.4 is 10.1 Å². The lowest BCUT2D eigenvalue weighted by atomic mass is 9.92. The summed E-state index contributed by atoms with van der Waals surface area (Å²) in [5.74, 6) is 0.991. The minimum absolute atomic E-state index is 0.0993. The van der Waals surface area contributed by atoms with Crippen molar-refractivity contribution >= 4 is 0 Å². The lowest BCUT2D eigenvalue weighted by molar-refractivity contribution is 0.0803. The largest absolute Gasteiger partial charge is 0.487 e. The Balaban J connectivity index is 1.60. The maximum absolute atomic E-state index is 6.11. The molecule has 20 heavy (non-hydrogen) atoms. The lowest BCUT2D eigenvalue weighted by Crippen LogP contribution is -2.36. The predicted octanol–water partition coefficient (Wildman–Crippen LogP) is 2.71. The summed E-state index contributed by atoms with van der Waals surface area (Å²) in [6.45, 7) is 1.51. The molecule has 1 atom stereocenters. The van der Waals surface area contributed by atoms with E-state index in [9.17, 15) is 0 Å². The van der Waals surface area contributed by atoms with Gasteiger partial charge in [0.05, 0.1) is 6.61 Å². The number of benzene rings is 1. The molecule has 0 aliphatic heterocycles. The summed E-state index contributed by atoms with van der Waals surface area (Å²) in [5.41, 5.74) is 2.98. The van der Waals surface area contributed by atoms with Gasteiger partial charge in [0.2, 0.25) is 0 Å². The van der Waals surface area contributed by atoms with E-state index in [1.165, 1.54) is 49.7 Å². The number of fused-ring (bicyclic) bond motifs is 1. The second kappa shape index (κ2) is 6.59. The molecule has 0 spiro atoms. The van der Waals surface area contributed by atoms with E-state index in [0.29, 0.717) is 12.6 Å². The Morgan fingerprint density at radius 3 is 2.75 bits per heavy atom. The van der Waals surface area contributed by atoms with Gasteiger partial charge in [-0.05, 0) is 61.8 Å². The highest BCUT2D eigenvalue weighted by molar-refractivity contribution is 5.37. The number of rotatable bonds is 7. The molecule has 3 heteroatoms. The van der Waals surface area contributed by atoms with Crippen molar-refractivity contribution in [1.82, 2.24) is 5.32 Å². The third kappa shape index (κ3) is 3.74. The molecule has 3 nitrogen and oxygen atoms in total. The van der Waals surface area contributed by atoms with Crippen molar-refractivity contribution in [2.24, 2.45) is 0 Å². The SMILES string of the molecule is COCC(CNC1CC1)Oc1ccc2c(c1)CCCC2. The number of aryl methyl sites for hydroxylation is 2. The minimum Gasteiger partial charge on any atom is -0.487 e. The van der Waals surface area contributed by atoms with Crippen LogP contribution in [0.2, 0.25) is 0 Å². The fraction of sp³-hybridized carbons (Fsp3) is 0.647. The summed E-state index contributed by atoms with van der Waals surface area (Å²) in [4.78, 5) is 0. The summed E-state index contributed by atoms with van der Waals surface area (Å²) >= 11 is 0. The molecule has 1 aromatic rings. The smallest absolute Gasteiger partial charge is 0.134 e. The molecule has 0 aromatic heterocycles. The highest BCUT2D eigenvalue weighted by Gasteiger charge is 2.22. The van der Waals surface area contributed by atoms with Gasteiger partial charge in [-0.25, -0.2) is 0 Å². The molecule has 1 aromatic carbocycles. The molecule has 110 valence electrons. The van der Waals surface area contributed by atoms with Gasteiger partial charge in [-0.3, -0.25) is 0 Å². The van der Waals surface area contributed by atoms with Crippen LogP contribution in [0, 0.1) is 0 Å². The standard InChI is InChI=1S/C17H25NO2/c1-19-12-17(11-18-15-7-8-15)20-16-9-6-13-4-2-3-5-14(13)10-16/h6,9-10,15,17-18H,2-5,7-8,11-12H2,1H3. The van der Waals surface area contributed by atoms with E-state index in [1.54, 1.807) is 7.11 Å². The van der Waals surface area contributed by atoms with Crippen molar-refractivity contribution in [2.45, 2.75) is 50.7 Å². The van der Waals surface area contributed by atoms with Gasteiger partial charge >= 0.3 is 0 Å². The Hall–Kier alpha value is -1.06. The number of ether oxygens (including phenoxy) is 2. The first-order valence-electron chi connectivity index (χ1n) is 7.86. The summed E-state index contributed by atoms with van der Waals surface area (Å²) in [7, 11) is 1.74.